The molecule has 0 aliphatic carbocycles. The Morgan fingerprint density at radius 1 is 1.41 bits per heavy atom. The Labute approximate surface area is 129 Å². The van der Waals surface area contributed by atoms with Crippen molar-refractivity contribution in [3.63, 3.8) is 0 Å². The molecule has 0 saturated heterocycles. The zero-order valence-corrected chi connectivity index (χ0v) is 13.1. The number of carbonyl (C=O) groups excluding carboxylic acids is 1. The molecule has 1 aromatic carbocycles. The Morgan fingerprint density at radius 2 is 2.18 bits per heavy atom. The van der Waals surface area contributed by atoms with Gasteiger partial charge in [0, 0.05) is 12.2 Å². The summed E-state index contributed by atoms with van der Waals surface area (Å²) in [5, 5.41) is 0. The van der Waals surface area contributed by atoms with Gasteiger partial charge in [-0.3, -0.25) is 4.79 Å². The largest absolute Gasteiger partial charge is 0.469 e. The standard InChI is InChI=1S/C17H20N2O3/c1-11-12(2)22-16(18-11)10-19-9-8-14(17(20)21-3)13-6-4-5-7-15(13)19/h4-7,14H,8-10H2,1-3H3. The van der Waals surface area contributed by atoms with Crippen LogP contribution in [-0.2, 0) is 16.1 Å². The summed E-state index contributed by atoms with van der Waals surface area (Å²) in [6.45, 7) is 5.25. The van der Waals surface area contributed by atoms with Gasteiger partial charge in [-0.05, 0) is 31.9 Å². The molecule has 0 saturated carbocycles. The molecule has 1 aliphatic heterocycles. The van der Waals surface area contributed by atoms with Crippen molar-refractivity contribution in [1.82, 2.24) is 4.98 Å². The van der Waals surface area contributed by atoms with Crippen molar-refractivity contribution >= 4 is 11.7 Å². The number of hydrogen-bond acceptors (Lipinski definition) is 5. The first kappa shape index (κ1) is 14.6. The number of carbonyl (C=O) groups is 1. The molecule has 1 atom stereocenters. The summed E-state index contributed by atoms with van der Waals surface area (Å²) >= 11 is 0. The molecular weight excluding hydrogens is 280 g/mol. The first-order chi connectivity index (χ1) is 10.6. The second-order valence-electron chi connectivity index (χ2n) is 5.59. The van der Waals surface area contributed by atoms with Gasteiger partial charge < -0.3 is 14.1 Å². The van der Waals surface area contributed by atoms with Gasteiger partial charge >= 0.3 is 5.97 Å². The number of hydrogen-bond donors (Lipinski definition) is 0. The molecule has 1 aromatic heterocycles. The third-order valence-electron chi connectivity index (χ3n) is 4.23. The van der Waals surface area contributed by atoms with Crippen molar-refractivity contribution in [3.05, 3.63) is 47.2 Å². The second-order valence-corrected chi connectivity index (χ2v) is 5.59. The predicted octanol–water partition coefficient (Wildman–Crippen LogP) is 2.96. The molecule has 0 fully saturated rings. The number of fused-ring (bicyclic) bond motifs is 1. The lowest BCUT2D eigenvalue weighted by atomic mass is 9.90. The van der Waals surface area contributed by atoms with Gasteiger partial charge in [0.05, 0.1) is 25.3 Å². The Kier molecular flexibility index (Phi) is 3.88. The Hall–Kier alpha value is -2.30. The summed E-state index contributed by atoms with van der Waals surface area (Å²) < 4.78 is 10.6. The van der Waals surface area contributed by atoms with Crippen LogP contribution in [0.2, 0.25) is 0 Å². The van der Waals surface area contributed by atoms with Crippen LogP contribution in [0.15, 0.2) is 28.7 Å². The van der Waals surface area contributed by atoms with Crippen LogP contribution in [0.1, 0.15) is 35.2 Å². The van der Waals surface area contributed by atoms with Crippen molar-refractivity contribution in [3.8, 4) is 0 Å². The first-order valence-corrected chi connectivity index (χ1v) is 7.44. The zero-order chi connectivity index (χ0) is 15.7. The number of para-hydroxylation sites is 1. The SMILES string of the molecule is COC(=O)C1CCN(Cc2nc(C)c(C)o2)c2ccccc21. The number of methoxy groups -OCH3 is 1. The molecule has 0 bridgehead atoms. The summed E-state index contributed by atoms with van der Waals surface area (Å²) in [5.41, 5.74) is 2.99. The molecule has 0 radical (unpaired) electrons. The minimum atomic E-state index is -0.189. The van der Waals surface area contributed by atoms with Crippen LogP contribution in [0.4, 0.5) is 5.69 Å². The lowest BCUT2D eigenvalue weighted by Crippen LogP contribution is -2.33. The number of nitrogens with zero attached hydrogens (tertiary/aromatic N) is 2. The van der Waals surface area contributed by atoms with Gasteiger partial charge in [-0.2, -0.15) is 0 Å². The summed E-state index contributed by atoms with van der Waals surface area (Å²) in [6, 6.07) is 7.97. The average molecular weight is 300 g/mol. The van der Waals surface area contributed by atoms with Crippen LogP contribution in [0.5, 0.6) is 0 Å². The number of anilines is 1. The van der Waals surface area contributed by atoms with Gasteiger partial charge in [-0.15, -0.1) is 0 Å². The first-order valence-electron chi connectivity index (χ1n) is 7.44. The number of esters is 1. The number of benzene rings is 1. The molecular formula is C17H20N2O3. The van der Waals surface area contributed by atoms with Crippen LogP contribution in [-0.4, -0.2) is 24.6 Å². The molecule has 0 amide bonds. The predicted molar refractivity (Wildman–Crippen MR) is 82.8 cm³/mol. The molecule has 0 N–H and O–H groups in total. The quantitative estimate of drug-likeness (QED) is 0.816. The van der Waals surface area contributed by atoms with E-state index in [0.29, 0.717) is 12.4 Å². The van der Waals surface area contributed by atoms with E-state index in [0.717, 1.165) is 35.7 Å². The van der Waals surface area contributed by atoms with Crippen molar-refractivity contribution in [2.24, 2.45) is 0 Å². The fourth-order valence-corrected chi connectivity index (χ4v) is 2.95. The second kappa shape index (κ2) is 5.83. The molecule has 0 spiro atoms. The van der Waals surface area contributed by atoms with Gasteiger partial charge in [0.25, 0.3) is 0 Å². The van der Waals surface area contributed by atoms with E-state index in [4.69, 9.17) is 9.15 Å². The topological polar surface area (TPSA) is 55.6 Å². The molecule has 2 heterocycles. The van der Waals surface area contributed by atoms with E-state index in [1.165, 1.54) is 7.11 Å². The summed E-state index contributed by atoms with van der Waals surface area (Å²) in [5.74, 6) is 1.20. The van der Waals surface area contributed by atoms with Crippen molar-refractivity contribution in [2.45, 2.75) is 32.7 Å². The maximum absolute atomic E-state index is 12.0. The molecule has 1 aliphatic rings. The highest BCUT2D eigenvalue weighted by atomic mass is 16.5. The van der Waals surface area contributed by atoms with E-state index in [-0.39, 0.29) is 11.9 Å². The van der Waals surface area contributed by atoms with Gasteiger partial charge in [0.2, 0.25) is 5.89 Å². The van der Waals surface area contributed by atoms with E-state index >= 15 is 0 Å². The van der Waals surface area contributed by atoms with Crippen LogP contribution in [0.25, 0.3) is 0 Å². The molecule has 5 heteroatoms. The average Bonchev–Trinajstić information content (AvgIpc) is 2.85. The highest BCUT2D eigenvalue weighted by molar-refractivity contribution is 5.81. The molecule has 5 nitrogen and oxygen atoms in total. The van der Waals surface area contributed by atoms with Crippen molar-refractivity contribution in [1.29, 1.82) is 0 Å². The molecule has 2 aromatic rings. The van der Waals surface area contributed by atoms with E-state index in [1.54, 1.807) is 0 Å². The maximum atomic E-state index is 12.0. The van der Waals surface area contributed by atoms with Crippen LogP contribution in [0.3, 0.4) is 0 Å². The van der Waals surface area contributed by atoms with Gasteiger partial charge in [-0.1, -0.05) is 18.2 Å². The highest BCUT2D eigenvalue weighted by Crippen LogP contribution is 2.36. The maximum Gasteiger partial charge on any atom is 0.313 e. The number of aromatic nitrogens is 1. The number of ether oxygens (including phenoxy) is 1. The van der Waals surface area contributed by atoms with E-state index in [1.807, 2.05) is 38.1 Å². The van der Waals surface area contributed by atoms with Crippen LogP contribution >= 0.6 is 0 Å². The lowest BCUT2D eigenvalue weighted by Gasteiger charge is -2.33. The van der Waals surface area contributed by atoms with Gasteiger partial charge in [0.1, 0.15) is 5.76 Å². The molecule has 22 heavy (non-hydrogen) atoms. The Bertz CT molecular complexity index is 673. The highest BCUT2D eigenvalue weighted by Gasteiger charge is 2.31. The van der Waals surface area contributed by atoms with E-state index in [9.17, 15) is 4.79 Å². The normalized spacial score (nSPS) is 17.2. The third kappa shape index (κ3) is 2.58. The summed E-state index contributed by atoms with van der Waals surface area (Å²) in [6.07, 6.45) is 0.738. The van der Waals surface area contributed by atoms with E-state index in [2.05, 4.69) is 9.88 Å². The summed E-state index contributed by atoms with van der Waals surface area (Å²) in [4.78, 5) is 18.6. The fourth-order valence-electron chi connectivity index (χ4n) is 2.95. The van der Waals surface area contributed by atoms with Gasteiger partial charge in [0.15, 0.2) is 0 Å². The molecule has 116 valence electrons. The number of aryl methyl sites for hydroxylation is 2. The van der Waals surface area contributed by atoms with Crippen LogP contribution < -0.4 is 4.90 Å². The fraction of sp³-hybridized carbons (Fsp3) is 0.412. The summed E-state index contributed by atoms with van der Waals surface area (Å²) in [7, 11) is 1.44. The number of oxazole rings is 1. The molecule has 3 rings (SSSR count). The number of rotatable bonds is 3. The zero-order valence-electron chi connectivity index (χ0n) is 13.1. The van der Waals surface area contributed by atoms with Gasteiger partial charge in [-0.25, -0.2) is 4.98 Å². The lowest BCUT2D eigenvalue weighted by molar-refractivity contribution is -0.142. The minimum absolute atomic E-state index is 0.171. The smallest absolute Gasteiger partial charge is 0.313 e. The monoisotopic (exact) mass is 300 g/mol. The Balaban J connectivity index is 1.89. The van der Waals surface area contributed by atoms with Crippen molar-refractivity contribution in [2.75, 3.05) is 18.6 Å². The van der Waals surface area contributed by atoms with Crippen LogP contribution in [0, 0.1) is 13.8 Å². The molecule has 1 unspecified atom stereocenters. The minimum Gasteiger partial charge on any atom is -0.469 e. The Morgan fingerprint density at radius 3 is 2.86 bits per heavy atom. The van der Waals surface area contributed by atoms with E-state index < -0.39 is 0 Å². The third-order valence-corrected chi connectivity index (χ3v) is 4.23. The van der Waals surface area contributed by atoms with Crippen molar-refractivity contribution < 1.29 is 13.9 Å².